The molecule has 0 saturated carbocycles. The molecule has 0 aliphatic carbocycles. The number of fused-ring (bicyclic) bond motifs is 1. The second-order valence-electron chi connectivity index (χ2n) is 5.17. The summed E-state index contributed by atoms with van der Waals surface area (Å²) >= 11 is 11.8. The zero-order valence-corrected chi connectivity index (χ0v) is 14.4. The highest BCUT2D eigenvalue weighted by molar-refractivity contribution is 6.32. The largest absolute Gasteiger partial charge is 0.454 e. The molecule has 0 fully saturated rings. The molecule has 0 spiro atoms. The van der Waals surface area contributed by atoms with E-state index < -0.39 is 18.5 Å². The smallest absolute Gasteiger partial charge is 0.338 e. The van der Waals surface area contributed by atoms with Gasteiger partial charge in [-0.05, 0) is 29.8 Å². The van der Waals surface area contributed by atoms with Gasteiger partial charge in [0.05, 0.1) is 10.6 Å². The van der Waals surface area contributed by atoms with Crippen molar-refractivity contribution in [1.29, 1.82) is 0 Å². The molecule has 0 saturated heterocycles. The number of esters is 1. The van der Waals surface area contributed by atoms with E-state index in [1.807, 2.05) is 0 Å². The molecule has 1 N–H and O–H groups in total. The number of hydrogen-bond acceptors (Lipinski definition) is 5. The Morgan fingerprint density at radius 1 is 1.12 bits per heavy atom. The summed E-state index contributed by atoms with van der Waals surface area (Å²) < 4.78 is 15.3. The molecule has 0 bridgehead atoms. The van der Waals surface area contributed by atoms with Crippen LogP contribution >= 0.6 is 23.2 Å². The number of rotatable bonds is 5. The highest BCUT2D eigenvalue weighted by Crippen LogP contribution is 2.39. The van der Waals surface area contributed by atoms with Crippen molar-refractivity contribution >= 4 is 35.1 Å². The number of halogens is 2. The highest BCUT2D eigenvalue weighted by atomic mass is 35.5. The van der Waals surface area contributed by atoms with E-state index in [0.29, 0.717) is 23.1 Å². The maximum Gasteiger partial charge on any atom is 0.338 e. The average molecular weight is 382 g/mol. The normalized spacial score (nSPS) is 11.9. The van der Waals surface area contributed by atoms with Crippen molar-refractivity contribution in [1.82, 2.24) is 5.32 Å². The fourth-order valence-corrected chi connectivity index (χ4v) is 2.54. The molecule has 3 rings (SSSR count). The fraction of sp³-hybridized carbons (Fsp3) is 0.176. The molecule has 8 heteroatoms. The van der Waals surface area contributed by atoms with Crippen LogP contribution in [0, 0.1) is 0 Å². The first-order chi connectivity index (χ1) is 12.0. The molecule has 25 heavy (non-hydrogen) atoms. The molecule has 0 unspecified atom stereocenters. The number of carbonyl (C=O) groups excluding carboxylic acids is 2. The van der Waals surface area contributed by atoms with E-state index in [4.69, 9.17) is 37.4 Å². The number of carbonyl (C=O) groups is 2. The van der Waals surface area contributed by atoms with Gasteiger partial charge in [-0.15, -0.1) is 0 Å². The van der Waals surface area contributed by atoms with Gasteiger partial charge in [0.15, 0.2) is 18.1 Å². The molecule has 1 amide bonds. The third-order valence-corrected chi connectivity index (χ3v) is 3.93. The monoisotopic (exact) mass is 381 g/mol. The predicted molar refractivity (Wildman–Crippen MR) is 91.2 cm³/mol. The standard InChI is InChI=1S/C17H13Cl2NO5/c18-12-3-1-10(2-4-12)7-20-15(21)8-23-17(22)11-5-13(19)16-14(6-11)24-9-25-16/h1-6H,7-9H2,(H,20,21). The van der Waals surface area contributed by atoms with Crippen molar-refractivity contribution in [3.8, 4) is 11.5 Å². The van der Waals surface area contributed by atoms with Crippen molar-refractivity contribution in [3.05, 3.63) is 57.6 Å². The molecule has 130 valence electrons. The Morgan fingerprint density at radius 2 is 1.88 bits per heavy atom. The van der Waals surface area contributed by atoms with Crippen molar-refractivity contribution < 1.29 is 23.8 Å². The topological polar surface area (TPSA) is 73.9 Å². The third-order valence-electron chi connectivity index (χ3n) is 3.40. The summed E-state index contributed by atoms with van der Waals surface area (Å²) in [5, 5.41) is 3.51. The number of nitrogens with one attached hydrogen (secondary N) is 1. The maximum atomic E-state index is 12.0. The Balaban J connectivity index is 1.51. The van der Waals surface area contributed by atoms with Crippen molar-refractivity contribution in [2.24, 2.45) is 0 Å². The first kappa shape index (κ1) is 17.4. The fourth-order valence-electron chi connectivity index (χ4n) is 2.15. The SMILES string of the molecule is O=C(COC(=O)c1cc(Cl)c2c(c1)OCO2)NCc1ccc(Cl)cc1. The minimum absolute atomic E-state index is 0.0423. The van der Waals surface area contributed by atoms with Gasteiger partial charge in [-0.25, -0.2) is 4.79 Å². The summed E-state index contributed by atoms with van der Waals surface area (Å²) in [4.78, 5) is 23.8. The lowest BCUT2D eigenvalue weighted by atomic mass is 10.2. The molecule has 0 radical (unpaired) electrons. The van der Waals surface area contributed by atoms with Gasteiger partial charge in [-0.1, -0.05) is 35.3 Å². The van der Waals surface area contributed by atoms with Crippen LogP contribution in [0.4, 0.5) is 0 Å². The lowest BCUT2D eigenvalue weighted by Crippen LogP contribution is -2.28. The minimum Gasteiger partial charge on any atom is -0.454 e. The van der Waals surface area contributed by atoms with E-state index in [1.54, 1.807) is 24.3 Å². The van der Waals surface area contributed by atoms with Gasteiger partial charge in [0, 0.05) is 11.6 Å². The Hall–Kier alpha value is -2.44. The summed E-state index contributed by atoms with van der Waals surface area (Å²) in [7, 11) is 0. The van der Waals surface area contributed by atoms with Crippen LogP contribution in [0.2, 0.25) is 10.0 Å². The summed E-state index contributed by atoms with van der Waals surface area (Å²) in [6, 6.07) is 9.91. The molecular weight excluding hydrogens is 369 g/mol. The highest BCUT2D eigenvalue weighted by Gasteiger charge is 2.21. The van der Waals surface area contributed by atoms with Gasteiger partial charge in [0.1, 0.15) is 0 Å². The lowest BCUT2D eigenvalue weighted by molar-refractivity contribution is -0.124. The molecule has 6 nitrogen and oxygen atoms in total. The van der Waals surface area contributed by atoms with E-state index in [9.17, 15) is 9.59 Å². The first-order valence-electron chi connectivity index (χ1n) is 7.30. The Morgan fingerprint density at radius 3 is 2.64 bits per heavy atom. The second kappa shape index (κ2) is 7.63. The van der Waals surface area contributed by atoms with Gasteiger partial charge in [-0.2, -0.15) is 0 Å². The van der Waals surface area contributed by atoms with E-state index in [2.05, 4.69) is 5.32 Å². The van der Waals surface area contributed by atoms with Crippen LogP contribution in [0.5, 0.6) is 11.5 Å². The van der Waals surface area contributed by atoms with Crippen LogP contribution in [0.25, 0.3) is 0 Å². The minimum atomic E-state index is -0.679. The Kier molecular flexibility index (Phi) is 5.31. The molecular formula is C17H13Cl2NO5. The van der Waals surface area contributed by atoms with Crippen molar-refractivity contribution in [2.45, 2.75) is 6.54 Å². The van der Waals surface area contributed by atoms with Crippen molar-refractivity contribution in [3.63, 3.8) is 0 Å². The lowest BCUT2D eigenvalue weighted by Gasteiger charge is -2.08. The zero-order valence-electron chi connectivity index (χ0n) is 12.9. The molecule has 2 aromatic carbocycles. The van der Waals surface area contributed by atoms with E-state index in [-0.39, 0.29) is 17.4 Å². The number of benzene rings is 2. The zero-order chi connectivity index (χ0) is 17.8. The Bertz CT molecular complexity index is 807. The van der Waals surface area contributed by atoms with Gasteiger partial charge < -0.3 is 19.5 Å². The average Bonchev–Trinajstić information content (AvgIpc) is 3.08. The van der Waals surface area contributed by atoms with Crippen LogP contribution in [0.3, 0.4) is 0 Å². The predicted octanol–water partition coefficient (Wildman–Crippen LogP) is 3.20. The number of hydrogen-bond donors (Lipinski definition) is 1. The van der Waals surface area contributed by atoms with Crippen molar-refractivity contribution in [2.75, 3.05) is 13.4 Å². The second-order valence-corrected chi connectivity index (χ2v) is 6.01. The van der Waals surface area contributed by atoms with Gasteiger partial charge in [0.25, 0.3) is 5.91 Å². The molecule has 0 atom stereocenters. The summed E-state index contributed by atoms with van der Waals surface area (Å²) in [6.07, 6.45) is 0. The van der Waals surface area contributed by atoms with Gasteiger partial charge in [-0.3, -0.25) is 4.79 Å². The van der Waals surface area contributed by atoms with Crippen LogP contribution in [-0.4, -0.2) is 25.3 Å². The van der Waals surface area contributed by atoms with Crippen LogP contribution in [0.1, 0.15) is 15.9 Å². The molecule has 1 aliphatic heterocycles. The molecule has 1 aliphatic rings. The number of ether oxygens (including phenoxy) is 3. The Labute approximate surface area is 153 Å². The first-order valence-corrected chi connectivity index (χ1v) is 8.06. The number of amides is 1. The quantitative estimate of drug-likeness (QED) is 0.804. The molecule has 2 aromatic rings. The van der Waals surface area contributed by atoms with Crippen LogP contribution in [-0.2, 0) is 16.1 Å². The van der Waals surface area contributed by atoms with E-state index in [1.165, 1.54) is 12.1 Å². The summed E-state index contributed by atoms with van der Waals surface area (Å²) in [6.45, 7) is -0.0530. The molecule has 0 aromatic heterocycles. The summed E-state index contributed by atoms with van der Waals surface area (Å²) in [5.74, 6) is -0.345. The van der Waals surface area contributed by atoms with Gasteiger partial charge >= 0.3 is 5.97 Å². The van der Waals surface area contributed by atoms with Gasteiger partial charge in [0.2, 0.25) is 6.79 Å². The third kappa shape index (κ3) is 4.35. The van der Waals surface area contributed by atoms with E-state index >= 15 is 0 Å². The maximum absolute atomic E-state index is 12.0. The van der Waals surface area contributed by atoms with E-state index in [0.717, 1.165) is 5.56 Å². The molecule has 1 heterocycles. The summed E-state index contributed by atoms with van der Waals surface area (Å²) in [5.41, 5.74) is 1.06. The van der Waals surface area contributed by atoms with Crippen LogP contribution in [0.15, 0.2) is 36.4 Å². The van der Waals surface area contributed by atoms with Crippen LogP contribution < -0.4 is 14.8 Å².